The molecule has 1 aliphatic heterocycles. The molecule has 0 aromatic heterocycles. The van der Waals surface area contributed by atoms with Gasteiger partial charge in [-0.05, 0) is 51.5 Å². The van der Waals surface area contributed by atoms with Crippen molar-refractivity contribution < 1.29 is 14.4 Å². The summed E-state index contributed by atoms with van der Waals surface area (Å²) in [6.07, 6.45) is 1.65. The van der Waals surface area contributed by atoms with E-state index in [9.17, 15) is 14.4 Å². The zero-order valence-electron chi connectivity index (χ0n) is 12.9. The fourth-order valence-electron chi connectivity index (χ4n) is 2.23. The van der Waals surface area contributed by atoms with Crippen molar-refractivity contribution in [2.45, 2.75) is 0 Å². The van der Waals surface area contributed by atoms with E-state index in [0.717, 1.165) is 26.7 Å². The van der Waals surface area contributed by atoms with Gasteiger partial charge in [0.1, 0.15) is 6.54 Å². The van der Waals surface area contributed by atoms with E-state index in [1.807, 2.05) is 36.4 Å². The first-order chi connectivity index (χ1) is 12.0. The van der Waals surface area contributed by atoms with Gasteiger partial charge >= 0.3 is 0 Å². The van der Waals surface area contributed by atoms with Crippen molar-refractivity contribution in [1.29, 1.82) is 0 Å². The molecule has 0 spiro atoms. The highest BCUT2D eigenvalue weighted by Crippen LogP contribution is 2.32. The number of thioether (sulfide) groups is 1. The third-order valence-electron chi connectivity index (χ3n) is 3.42. The normalized spacial score (nSPS) is 15.7. The number of anilines is 1. The molecule has 0 saturated carbocycles. The number of halogens is 1. The van der Waals surface area contributed by atoms with Crippen LogP contribution in [0.2, 0.25) is 0 Å². The molecule has 3 amide bonds. The number of benzene rings is 2. The van der Waals surface area contributed by atoms with Crippen LogP contribution < -0.4 is 5.32 Å². The van der Waals surface area contributed by atoms with Crippen molar-refractivity contribution in [2.75, 3.05) is 11.9 Å². The topological polar surface area (TPSA) is 66.5 Å². The minimum atomic E-state index is -0.457. The maximum atomic E-state index is 12.4. The van der Waals surface area contributed by atoms with Crippen LogP contribution in [0.1, 0.15) is 5.56 Å². The summed E-state index contributed by atoms with van der Waals surface area (Å²) in [7, 11) is 0. The molecule has 0 atom stereocenters. The molecule has 25 heavy (non-hydrogen) atoms. The summed E-state index contributed by atoms with van der Waals surface area (Å²) in [4.78, 5) is 37.9. The highest BCUT2D eigenvalue weighted by molar-refractivity contribution is 9.10. The van der Waals surface area contributed by atoms with E-state index >= 15 is 0 Å². The Balaban J connectivity index is 1.70. The first-order valence-corrected chi connectivity index (χ1v) is 9.00. The Bertz CT molecular complexity index is 868. The standard InChI is InChI=1S/C18H13BrN2O3S/c19-13-8-4-5-9-14(13)20-16(22)11-21-17(23)15(25-18(21)24)10-12-6-2-1-3-7-12/h1-10H,11H2,(H,20,22)/b15-10+. The van der Waals surface area contributed by atoms with Crippen LogP contribution in [0.4, 0.5) is 10.5 Å². The number of carbonyl (C=O) groups excluding carboxylic acids is 3. The van der Waals surface area contributed by atoms with Crippen LogP contribution >= 0.6 is 27.7 Å². The van der Waals surface area contributed by atoms with Crippen molar-refractivity contribution >= 4 is 56.5 Å². The minimum absolute atomic E-state index is 0.310. The lowest BCUT2D eigenvalue weighted by Gasteiger charge is -2.13. The number of rotatable bonds is 4. The maximum Gasteiger partial charge on any atom is 0.294 e. The third kappa shape index (κ3) is 4.18. The Labute approximate surface area is 157 Å². The first-order valence-electron chi connectivity index (χ1n) is 7.39. The van der Waals surface area contributed by atoms with Gasteiger partial charge in [0.2, 0.25) is 5.91 Å². The van der Waals surface area contributed by atoms with Gasteiger partial charge in [0, 0.05) is 4.47 Å². The molecule has 2 aromatic carbocycles. The highest BCUT2D eigenvalue weighted by atomic mass is 79.9. The van der Waals surface area contributed by atoms with Gasteiger partial charge in [0.15, 0.2) is 0 Å². The molecule has 0 aliphatic carbocycles. The number of hydrogen-bond donors (Lipinski definition) is 1. The first kappa shape index (κ1) is 17.4. The summed E-state index contributed by atoms with van der Waals surface area (Å²) in [6, 6.07) is 16.4. The van der Waals surface area contributed by atoms with Gasteiger partial charge in [-0.2, -0.15) is 0 Å². The second-order valence-electron chi connectivity index (χ2n) is 5.21. The Morgan fingerprint density at radius 3 is 2.48 bits per heavy atom. The van der Waals surface area contributed by atoms with E-state index in [-0.39, 0.29) is 6.54 Å². The lowest BCUT2D eigenvalue weighted by atomic mass is 10.2. The summed E-state index contributed by atoms with van der Waals surface area (Å²) in [5.41, 5.74) is 1.41. The van der Waals surface area contributed by atoms with Crippen LogP contribution in [-0.2, 0) is 9.59 Å². The Hall–Kier alpha value is -2.38. The van der Waals surface area contributed by atoms with E-state index in [2.05, 4.69) is 21.2 Å². The van der Waals surface area contributed by atoms with Crippen LogP contribution in [0.3, 0.4) is 0 Å². The molecule has 1 N–H and O–H groups in total. The fraction of sp³-hybridized carbons (Fsp3) is 0.0556. The molecule has 1 aliphatic rings. The Kier molecular flexibility index (Phi) is 5.35. The summed E-state index contributed by atoms with van der Waals surface area (Å²) in [6.45, 7) is -0.321. The van der Waals surface area contributed by atoms with Crippen LogP contribution in [-0.4, -0.2) is 28.5 Å². The third-order valence-corrected chi connectivity index (χ3v) is 5.02. The molecule has 7 heteroatoms. The van der Waals surface area contributed by atoms with Gasteiger partial charge in [0.05, 0.1) is 10.6 Å². The average molecular weight is 417 g/mol. The molecular formula is C18H13BrN2O3S. The van der Waals surface area contributed by atoms with Gasteiger partial charge in [-0.3, -0.25) is 19.3 Å². The lowest BCUT2D eigenvalue weighted by Crippen LogP contribution is -2.36. The van der Waals surface area contributed by atoms with Crippen molar-refractivity contribution in [1.82, 2.24) is 4.90 Å². The predicted molar refractivity (Wildman–Crippen MR) is 102 cm³/mol. The molecule has 1 saturated heterocycles. The minimum Gasteiger partial charge on any atom is -0.324 e. The summed E-state index contributed by atoms with van der Waals surface area (Å²) in [5, 5.41) is 2.23. The fourth-order valence-corrected chi connectivity index (χ4v) is 3.46. The van der Waals surface area contributed by atoms with E-state index < -0.39 is 17.1 Å². The number of nitrogens with zero attached hydrogens (tertiary/aromatic N) is 1. The Morgan fingerprint density at radius 2 is 1.76 bits per heavy atom. The number of carbonyl (C=O) groups is 3. The molecule has 5 nitrogen and oxygen atoms in total. The highest BCUT2D eigenvalue weighted by Gasteiger charge is 2.36. The molecule has 0 unspecified atom stereocenters. The van der Waals surface area contributed by atoms with Crippen LogP contribution in [0.25, 0.3) is 6.08 Å². The molecule has 0 bridgehead atoms. The number of nitrogens with one attached hydrogen (secondary N) is 1. The molecule has 126 valence electrons. The van der Waals surface area contributed by atoms with Crippen LogP contribution in [0.15, 0.2) is 64.0 Å². The van der Waals surface area contributed by atoms with Crippen molar-refractivity contribution in [3.8, 4) is 0 Å². The van der Waals surface area contributed by atoms with Gasteiger partial charge in [-0.1, -0.05) is 42.5 Å². The van der Waals surface area contributed by atoms with Crippen molar-refractivity contribution in [3.05, 3.63) is 69.5 Å². The second-order valence-corrected chi connectivity index (χ2v) is 7.05. The zero-order valence-corrected chi connectivity index (χ0v) is 15.3. The van der Waals surface area contributed by atoms with E-state index in [1.54, 1.807) is 24.3 Å². The van der Waals surface area contributed by atoms with Gasteiger partial charge < -0.3 is 5.32 Å². The quantitative estimate of drug-likeness (QED) is 0.760. The number of hydrogen-bond acceptors (Lipinski definition) is 4. The second kappa shape index (κ2) is 7.67. The van der Waals surface area contributed by atoms with Crippen molar-refractivity contribution in [2.24, 2.45) is 0 Å². The molecule has 2 aromatic rings. The largest absolute Gasteiger partial charge is 0.324 e. The zero-order chi connectivity index (χ0) is 17.8. The summed E-state index contributed by atoms with van der Waals surface area (Å²) >= 11 is 4.17. The van der Waals surface area contributed by atoms with E-state index in [0.29, 0.717) is 10.6 Å². The van der Waals surface area contributed by atoms with Gasteiger partial charge in [-0.15, -0.1) is 0 Å². The van der Waals surface area contributed by atoms with Gasteiger partial charge in [0.25, 0.3) is 11.1 Å². The summed E-state index contributed by atoms with van der Waals surface area (Å²) < 4.78 is 0.724. The molecule has 1 fully saturated rings. The van der Waals surface area contributed by atoms with E-state index in [1.165, 1.54) is 0 Å². The molecular weight excluding hydrogens is 404 g/mol. The smallest absolute Gasteiger partial charge is 0.294 e. The molecule has 3 rings (SSSR count). The number of amides is 3. The predicted octanol–water partition coefficient (Wildman–Crippen LogP) is 4.12. The number of para-hydroxylation sites is 1. The average Bonchev–Trinajstić information content (AvgIpc) is 2.85. The molecule has 0 radical (unpaired) electrons. The van der Waals surface area contributed by atoms with Crippen LogP contribution in [0, 0.1) is 0 Å². The number of imide groups is 1. The monoisotopic (exact) mass is 416 g/mol. The van der Waals surface area contributed by atoms with E-state index in [4.69, 9.17) is 0 Å². The summed E-state index contributed by atoms with van der Waals surface area (Å²) in [5.74, 6) is -0.892. The van der Waals surface area contributed by atoms with Gasteiger partial charge in [-0.25, -0.2) is 0 Å². The molecule has 1 heterocycles. The lowest BCUT2D eigenvalue weighted by molar-refractivity contribution is -0.127. The SMILES string of the molecule is O=C(CN1C(=O)S/C(=C/c2ccccc2)C1=O)Nc1ccccc1Br. The van der Waals surface area contributed by atoms with Crippen molar-refractivity contribution in [3.63, 3.8) is 0 Å². The Morgan fingerprint density at radius 1 is 1.08 bits per heavy atom. The maximum absolute atomic E-state index is 12.4. The van der Waals surface area contributed by atoms with Crippen LogP contribution in [0.5, 0.6) is 0 Å².